The predicted molar refractivity (Wildman–Crippen MR) is 144 cm³/mol. The van der Waals surface area contributed by atoms with Crippen LogP contribution >= 0.6 is 11.3 Å². The zero-order valence-electron chi connectivity index (χ0n) is 18.2. The van der Waals surface area contributed by atoms with Crippen molar-refractivity contribution in [3.63, 3.8) is 0 Å². The van der Waals surface area contributed by atoms with E-state index in [2.05, 4.69) is 121 Å². The van der Waals surface area contributed by atoms with Crippen molar-refractivity contribution in [2.24, 2.45) is 0 Å². The maximum absolute atomic E-state index is 2.43. The minimum absolute atomic E-state index is 1.22. The lowest BCUT2D eigenvalue weighted by atomic mass is 9.95. The van der Waals surface area contributed by atoms with E-state index in [-0.39, 0.29) is 0 Å². The number of fused-ring (bicyclic) bond motifs is 6. The van der Waals surface area contributed by atoms with E-state index in [0.29, 0.717) is 0 Å². The fraction of sp³-hybridized carbons (Fsp3) is 0.0323. The first-order valence-corrected chi connectivity index (χ1v) is 12.1. The van der Waals surface area contributed by atoms with Crippen molar-refractivity contribution >= 4 is 53.3 Å². The molecule has 0 N–H and O–H groups in total. The second kappa shape index (κ2) is 7.06. The average molecular weight is 440 g/mol. The molecule has 0 aliphatic carbocycles. The van der Waals surface area contributed by atoms with Gasteiger partial charge in [0.15, 0.2) is 0 Å². The lowest BCUT2D eigenvalue weighted by Gasteiger charge is -2.16. The van der Waals surface area contributed by atoms with Gasteiger partial charge in [-0.1, -0.05) is 78.9 Å². The van der Waals surface area contributed by atoms with Crippen LogP contribution in [-0.4, -0.2) is 4.57 Å². The zero-order valence-corrected chi connectivity index (χ0v) is 19.1. The molecule has 7 rings (SSSR count). The number of para-hydroxylation sites is 3. The summed E-state index contributed by atoms with van der Waals surface area (Å²) in [5, 5.41) is 5.31. The van der Waals surface area contributed by atoms with E-state index in [0.717, 1.165) is 0 Å². The zero-order chi connectivity index (χ0) is 21.9. The molecule has 0 saturated heterocycles. The van der Waals surface area contributed by atoms with Crippen LogP contribution in [0.1, 0.15) is 5.56 Å². The van der Waals surface area contributed by atoms with Crippen molar-refractivity contribution in [2.75, 3.05) is 0 Å². The first-order valence-electron chi connectivity index (χ1n) is 11.3. The average Bonchev–Trinajstić information content (AvgIpc) is 3.41. The highest BCUT2D eigenvalue weighted by Gasteiger charge is 2.17. The molecule has 0 radical (unpaired) electrons. The lowest BCUT2D eigenvalue weighted by Crippen LogP contribution is -1.98. The van der Waals surface area contributed by atoms with E-state index in [9.17, 15) is 0 Å². The van der Waals surface area contributed by atoms with Gasteiger partial charge < -0.3 is 4.57 Å². The third kappa shape index (κ3) is 2.65. The smallest absolute Gasteiger partial charge is 0.0541 e. The Kier molecular flexibility index (Phi) is 3.99. The summed E-state index contributed by atoms with van der Waals surface area (Å²) in [6.45, 7) is 2.28. The number of aromatic nitrogens is 1. The molecule has 0 fully saturated rings. The summed E-state index contributed by atoms with van der Waals surface area (Å²) in [5.74, 6) is 0. The molecule has 0 saturated carbocycles. The van der Waals surface area contributed by atoms with Crippen molar-refractivity contribution in [2.45, 2.75) is 6.92 Å². The number of thiophene rings is 1. The molecule has 2 aromatic heterocycles. The summed E-state index contributed by atoms with van der Waals surface area (Å²) in [6, 6.07) is 39.6. The Morgan fingerprint density at radius 2 is 1.12 bits per heavy atom. The van der Waals surface area contributed by atoms with Crippen molar-refractivity contribution in [1.82, 2.24) is 4.57 Å². The van der Waals surface area contributed by atoms with Crippen LogP contribution in [0.3, 0.4) is 0 Å². The molecule has 0 amide bonds. The maximum Gasteiger partial charge on any atom is 0.0541 e. The molecular weight excluding hydrogens is 418 g/mol. The van der Waals surface area contributed by atoms with Crippen LogP contribution in [0.4, 0.5) is 0 Å². The van der Waals surface area contributed by atoms with Gasteiger partial charge in [0.1, 0.15) is 0 Å². The van der Waals surface area contributed by atoms with E-state index in [1.165, 1.54) is 64.4 Å². The van der Waals surface area contributed by atoms with Crippen LogP contribution in [0.5, 0.6) is 0 Å². The highest BCUT2D eigenvalue weighted by atomic mass is 32.1. The summed E-state index contributed by atoms with van der Waals surface area (Å²) in [4.78, 5) is 0. The van der Waals surface area contributed by atoms with Gasteiger partial charge in [0.2, 0.25) is 0 Å². The van der Waals surface area contributed by atoms with Crippen LogP contribution in [0.15, 0.2) is 109 Å². The molecule has 0 aliphatic heterocycles. The molecular formula is C31H21NS. The largest absolute Gasteiger partial charge is 0.309 e. The number of nitrogens with zero attached hydrogens (tertiary/aromatic N) is 1. The van der Waals surface area contributed by atoms with Gasteiger partial charge in [0.25, 0.3) is 0 Å². The summed E-state index contributed by atoms with van der Waals surface area (Å²) >= 11 is 1.88. The van der Waals surface area contributed by atoms with Crippen LogP contribution in [0, 0.1) is 6.92 Å². The Hall–Kier alpha value is -3.88. The first-order chi connectivity index (χ1) is 16.3. The maximum atomic E-state index is 2.43. The lowest BCUT2D eigenvalue weighted by molar-refractivity contribution is 1.18. The third-order valence-electron chi connectivity index (χ3n) is 6.82. The van der Waals surface area contributed by atoms with Crippen LogP contribution < -0.4 is 0 Å². The molecule has 0 atom stereocenters. The molecule has 0 bridgehead atoms. The van der Waals surface area contributed by atoms with Gasteiger partial charge in [0.05, 0.1) is 16.7 Å². The van der Waals surface area contributed by atoms with Gasteiger partial charge >= 0.3 is 0 Å². The van der Waals surface area contributed by atoms with Crippen LogP contribution in [0.2, 0.25) is 0 Å². The van der Waals surface area contributed by atoms with E-state index < -0.39 is 0 Å². The topological polar surface area (TPSA) is 4.93 Å². The first kappa shape index (κ1) is 18.7. The van der Waals surface area contributed by atoms with Crippen molar-refractivity contribution < 1.29 is 0 Å². The highest BCUT2D eigenvalue weighted by molar-refractivity contribution is 7.25. The summed E-state index contributed by atoms with van der Waals surface area (Å²) in [7, 11) is 0. The van der Waals surface area contributed by atoms with Crippen LogP contribution in [0.25, 0.3) is 58.8 Å². The number of aryl methyl sites for hydroxylation is 1. The van der Waals surface area contributed by atoms with Crippen molar-refractivity contribution in [3.8, 4) is 16.8 Å². The predicted octanol–water partition coefficient (Wildman–Crippen LogP) is 9.13. The molecule has 5 aromatic carbocycles. The molecule has 7 aromatic rings. The monoisotopic (exact) mass is 439 g/mol. The Labute approximate surface area is 196 Å². The van der Waals surface area contributed by atoms with Gasteiger partial charge in [-0.15, -0.1) is 11.3 Å². The van der Waals surface area contributed by atoms with Gasteiger partial charge in [-0.05, 0) is 48.4 Å². The van der Waals surface area contributed by atoms with E-state index in [4.69, 9.17) is 0 Å². The van der Waals surface area contributed by atoms with E-state index in [1.807, 2.05) is 11.3 Å². The minimum Gasteiger partial charge on any atom is -0.309 e. The van der Waals surface area contributed by atoms with Crippen molar-refractivity contribution in [1.29, 1.82) is 0 Å². The summed E-state index contributed by atoms with van der Waals surface area (Å²) in [6.07, 6.45) is 0. The van der Waals surface area contributed by atoms with E-state index >= 15 is 0 Å². The molecule has 33 heavy (non-hydrogen) atoms. The molecule has 0 aliphatic rings. The van der Waals surface area contributed by atoms with E-state index in [1.54, 1.807) is 0 Å². The fourth-order valence-corrected chi connectivity index (χ4v) is 6.52. The molecule has 2 heteroatoms. The number of benzene rings is 5. The van der Waals surface area contributed by atoms with Crippen LogP contribution in [-0.2, 0) is 0 Å². The second-order valence-corrected chi connectivity index (χ2v) is 9.68. The highest BCUT2D eigenvalue weighted by Crippen LogP contribution is 2.42. The Morgan fingerprint density at radius 3 is 1.88 bits per heavy atom. The quantitative estimate of drug-likeness (QED) is 0.253. The number of rotatable bonds is 2. The standard InChI is InChI=1S/C31H21NS/c1-20-21(18-19-30-31(20)25-13-5-9-17-29(25)33-30)22-10-2-6-14-26(22)32-27-15-7-3-11-23(27)24-12-4-8-16-28(24)32/h2-19H,1H3. The second-order valence-electron chi connectivity index (χ2n) is 8.60. The van der Waals surface area contributed by atoms with Gasteiger partial charge in [-0.3, -0.25) is 0 Å². The fourth-order valence-electron chi connectivity index (χ4n) is 5.36. The van der Waals surface area contributed by atoms with Gasteiger partial charge in [-0.2, -0.15) is 0 Å². The molecule has 1 nitrogen and oxygen atoms in total. The summed E-state index contributed by atoms with van der Waals surface area (Å²) < 4.78 is 5.13. The SMILES string of the molecule is Cc1c(-c2ccccc2-n2c3ccccc3c3ccccc32)ccc2sc3ccccc3c12. The minimum atomic E-state index is 1.22. The normalized spacial score (nSPS) is 11.8. The molecule has 0 unspecified atom stereocenters. The molecule has 0 spiro atoms. The molecule has 2 heterocycles. The van der Waals surface area contributed by atoms with Gasteiger partial charge in [-0.25, -0.2) is 0 Å². The Morgan fingerprint density at radius 1 is 0.515 bits per heavy atom. The Bertz CT molecular complexity index is 1780. The van der Waals surface area contributed by atoms with Gasteiger partial charge in [0, 0.05) is 36.5 Å². The van der Waals surface area contributed by atoms with Crippen molar-refractivity contribution in [3.05, 3.63) is 115 Å². The summed E-state index contributed by atoms with van der Waals surface area (Å²) in [5.41, 5.74) is 7.61. The number of hydrogen-bond donors (Lipinski definition) is 0. The molecule has 156 valence electrons. The number of hydrogen-bond acceptors (Lipinski definition) is 1. The Balaban J connectivity index is 1.58. The third-order valence-corrected chi connectivity index (χ3v) is 7.95.